The highest BCUT2D eigenvalue weighted by Gasteiger charge is 2.18. The van der Waals surface area contributed by atoms with Crippen LogP contribution in [0.15, 0.2) is 65.8 Å². The normalized spacial score (nSPS) is 13.1. The van der Waals surface area contributed by atoms with Crippen LogP contribution in [0, 0.1) is 5.92 Å². The molecule has 0 aliphatic carbocycles. The number of benzene rings is 2. The third kappa shape index (κ3) is 4.81. The first kappa shape index (κ1) is 20.1. The first-order valence-electron chi connectivity index (χ1n) is 9.58. The highest BCUT2D eigenvalue weighted by molar-refractivity contribution is 7.99. The Kier molecular flexibility index (Phi) is 6.87. The molecule has 0 aliphatic heterocycles. The number of carbonyl (C=O) groups excluding carboxylic acids is 1. The average Bonchev–Trinajstić information content (AvgIpc) is 3.16. The van der Waals surface area contributed by atoms with Crippen molar-refractivity contribution >= 4 is 17.7 Å². The van der Waals surface area contributed by atoms with Gasteiger partial charge in [-0.3, -0.25) is 9.36 Å². The van der Waals surface area contributed by atoms with E-state index in [4.69, 9.17) is 0 Å². The molecule has 0 bridgehead atoms. The molecule has 0 aliphatic rings. The standard InChI is InChI=1S/C22H26N4OS/c1-4-16(2)17(3)23-20(27)15-28-22-25-24-21(18-11-7-5-8-12-18)26(22)19-13-9-6-10-14-19/h5-14,16-17H,4,15H2,1-3H3,(H,23,27)/t16-,17+/m0/s1. The Labute approximate surface area is 170 Å². The second-order valence-electron chi connectivity index (χ2n) is 6.87. The summed E-state index contributed by atoms with van der Waals surface area (Å²) in [6.07, 6.45) is 1.04. The van der Waals surface area contributed by atoms with Crippen molar-refractivity contribution in [2.24, 2.45) is 5.92 Å². The zero-order valence-corrected chi connectivity index (χ0v) is 17.3. The zero-order valence-electron chi connectivity index (χ0n) is 16.5. The summed E-state index contributed by atoms with van der Waals surface area (Å²) in [7, 11) is 0. The molecule has 0 saturated heterocycles. The summed E-state index contributed by atoms with van der Waals surface area (Å²) < 4.78 is 2.01. The van der Waals surface area contributed by atoms with Crippen molar-refractivity contribution in [2.75, 3.05) is 5.75 Å². The molecule has 0 spiro atoms. The molecular weight excluding hydrogens is 368 g/mol. The largest absolute Gasteiger partial charge is 0.353 e. The van der Waals surface area contributed by atoms with Gasteiger partial charge in [0.2, 0.25) is 5.91 Å². The summed E-state index contributed by atoms with van der Waals surface area (Å²) in [5, 5.41) is 12.6. The van der Waals surface area contributed by atoms with Gasteiger partial charge < -0.3 is 5.32 Å². The van der Waals surface area contributed by atoms with Crippen molar-refractivity contribution in [3.05, 3.63) is 60.7 Å². The van der Waals surface area contributed by atoms with Crippen molar-refractivity contribution in [3.63, 3.8) is 0 Å². The quantitative estimate of drug-likeness (QED) is 0.568. The summed E-state index contributed by atoms with van der Waals surface area (Å²) in [5.41, 5.74) is 1.96. The zero-order chi connectivity index (χ0) is 19.9. The van der Waals surface area contributed by atoms with Crippen LogP contribution < -0.4 is 5.32 Å². The third-order valence-corrected chi connectivity index (χ3v) is 5.83. The fourth-order valence-electron chi connectivity index (χ4n) is 2.87. The fraction of sp³-hybridized carbons (Fsp3) is 0.318. The minimum absolute atomic E-state index is 0.0154. The molecule has 1 aromatic heterocycles. The van der Waals surface area contributed by atoms with E-state index in [0.29, 0.717) is 16.8 Å². The fourth-order valence-corrected chi connectivity index (χ4v) is 3.63. The highest BCUT2D eigenvalue weighted by Crippen LogP contribution is 2.27. The van der Waals surface area contributed by atoms with Crippen LogP contribution in [0.25, 0.3) is 17.1 Å². The Morgan fingerprint density at radius 2 is 1.68 bits per heavy atom. The minimum Gasteiger partial charge on any atom is -0.353 e. The Morgan fingerprint density at radius 1 is 1.04 bits per heavy atom. The van der Waals surface area contributed by atoms with Gasteiger partial charge in [-0.25, -0.2) is 0 Å². The lowest BCUT2D eigenvalue weighted by Crippen LogP contribution is -2.37. The number of carbonyl (C=O) groups is 1. The first-order valence-corrected chi connectivity index (χ1v) is 10.6. The van der Waals surface area contributed by atoms with Gasteiger partial charge >= 0.3 is 0 Å². The second kappa shape index (κ2) is 9.55. The molecule has 1 N–H and O–H groups in total. The number of para-hydroxylation sites is 1. The number of thioether (sulfide) groups is 1. The van der Waals surface area contributed by atoms with Gasteiger partial charge in [-0.15, -0.1) is 10.2 Å². The Morgan fingerprint density at radius 3 is 2.32 bits per heavy atom. The van der Waals surface area contributed by atoms with E-state index < -0.39 is 0 Å². The molecule has 2 aromatic carbocycles. The Hall–Kier alpha value is -2.60. The van der Waals surface area contributed by atoms with Crippen LogP contribution in [0.4, 0.5) is 0 Å². The predicted octanol–water partition coefficient (Wildman–Crippen LogP) is 4.58. The molecule has 0 unspecified atom stereocenters. The van der Waals surface area contributed by atoms with Gasteiger partial charge in [0.25, 0.3) is 0 Å². The van der Waals surface area contributed by atoms with E-state index in [0.717, 1.165) is 23.5 Å². The first-order chi connectivity index (χ1) is 13.6. The van der Waals surface area contributed by atoms with Crippen LogP contribution in [0.3, 0.4) is 0 Å². The van der Waals surface area contributed by atoms with Crippen molar-refractivity contribution < 1.29 is 4.79 Å². The van der Waals surface area contributed by atoms with Crippen molar-refractivity contribution in [1.82, 2.24) is 20.1 Å². The number of rotatable bonds is 8. The number of nitrogens with zero attached hydrogens (tertiary/aromatic N) is 3. The molecular formula is C22H26N4OS. The summed E-state index contributed by atoms with van der Waals surface area (Å²) in [4.78, 5) is 12.4. The van der Waals surface area contributed by atoms with E-state index >= 15 is 0 Å². The smallest absolute Gasteiger partial charge is 0.230 e. The van der Waals surface area contributed by atoms with Gasteiger partial charge in [0.15, 0.2) is 11.0 Å². The van der Waals surface area contributed by atoms with Crippen molar-refractivity contribution in [3.8, 4) is 17.1 Å². The van der Waals surface area contributed by atoms with E-state index in [1.165, 1.54) is 11.8 Å². The van der Waals surface area contributed by atoms with Gasteiger partial charge in [-0.05, 0) is 25.0 Å². The van der Waals surface area contributed by atoms with E-state index in [2.05, 4.69) is 36.3 Å². The molecule has 0 fully saturated rings. The average molecular weight is 395 g/mol. The van der Waals surface area contributed by atoms with Crippen LogP contribution >= 0.6 is 11.8 Å². The summed E-state index contributed by atoms with van der Waals surface area (Å²) in [6, 6.07) is 20.1. The minimum atomic E-state index is 0.0154. The van der Waals surface area contributed by atoms with Crippen LogP contribution in [-0.4, -0.2) is 32.5 Å². The monoisotopic (exact) mass is 394 g/mol. The van der Waals surface area contributed by atoms with Crippen LogP contribution in [-0.2, 0) is 4.79 Å². The Balaban J connectivity index is 1.82. The van der Waals surface area contributed by atoms with E-state index in [1.54, 1.807) is 0 Å². The Bertz CT molecular complexity index is 895. The molecule has 0 radical (unpaired) electrons. The molecule has 28 heavy (non-hydrogen) atoms. The lowest BCUT2D eigenvalue weighted by molar-refractivity contribution is -0.119. The summed E-state index contributed by atoms with van der Waals surface area (Å²) in [5.74, 6) is 1.54. The van der Waals surface area contributed by atoms with Crippen LogP contribution in [0.2, 0.25) is 0 Å². The molecule has 6 heteroatoms. The molecule has 5 nitrogen and oxygen atoms in total. The molecule has 2 atom stereocenters. The van der Waals surface area contributed by atoms with Gasteiger partial charge in [-0.2, -0.15) is 0 Å². The molecule has 146 valence electrons. The van der Waals surface area contributed by atoms with Crippen molar-refractivity contribution in [2.45, 2.75) is 38.4 Å². The molecule has 1 amide bonds. The number of hydrogen-bond donors (Lipinski definition) is 1. The van der Waals surface area contributed by atoms with Gasteiger partial charge in [0.05, 0.1) is 5.75 Å². The van der Waals surface area contributed by atoms with Gasteiger partial charge in [-0.1, -0.05) is 80.6 Å². The molecule has 0 saturated carbocycles. The third-order valence-electron chi connectivity index (χ3n) is 4.90. The maximum atomic E-state index is 12.4. The van der Waals surface area contributed by atoms with Crippen LogP contribution in [0.5, 0.6) is 0 Å². The van der Waals surface area contributed by atoms with E-state index in [-0.39, 0.29) is 11.9 Å². The maximum absolute atomic E-state index is 12.4. The predicted molar refractivity (Wildman–Crippen MR) is 115 cm³/mol. The van der Waals surface area contributed by atoms with Crippen LogP contribution in [0.1, 0.15) is 27.2 Å². The topological polar surface area (TPSA) is 59.8 Å². The number of nitrogens with one attached hydrogen (secondary N) is 1. The highest BCUT2D eigenvalue weighted by atomic mass is 32.2. The van der Waals surface area contributed by atoms with Crippen molar-refractivity contribution in [1.29, 1.82) is 0 Å². The number of aromatic nitrogens is 3. The van der Waals surface area contributed by atoms with E-state index in [1.807, 2.05) is 65.2 Å². The second-order valence-corrected chi connectivity index (χ2v) is 7.82. The molecule has 3 rings (SSSR count). The van der Waals surface area contributed by atoms with Gasteiger partial charge in [0.1, 0.15) is 0 Å². The van der Waals surface area contributed by atoms with E-state index in [9.17, 15) is 4.79 Å². The number of hydrogen-bond acceptors (Lipinski definition) is 4. The summed E-state index contributed by atoms with van der Waals surface area (Å²) >= 11 is 1.40. The lowest BCUT2D eigenvalue weighted by atomic mass is 10.0. The summed E-state index contributed by atoms with van der Waals surface area (Å²) in [6.45, 7) is 6.34. The number of amides is 1. The maximum Gasteiger partial charge on any atom is 0.230 e. The van der Waals surface area contributed by atoms with Gasteiger partial charge in [0, 0.05) is 17.3 Å². The molecule has 3 aromatic rings. The lowest BCUT2D eigenvalue weighted by Gasteiger charge is -2.19. The molecule has 1 heterocycles. The SMILES string of the molecule is CC[C@H](C)[C@@H](C)NC(=O)CSc1nnc(-c2ccccc2)n1-c1ccccc1.